The van der Waals surface area contributed by atoms with Gasteiger partial charge < -0.3 is 10.4 Å². The van der Waals surface area contributed by atoms with Crippen LogP contribution in [0.5, 0.6) is 0 Å². The minimum absolute atomic E-state index is 0.0285. The number of aromatic nitrogens is 4. The van der Waals surface area contributed by atoms with Gasteiger partial charge >= 0.3 is 5.97 Å². The quantitative estimate of drug-likeness (QED) is 0.752. The molecule has 0 saturated carbocycles. The van der Waals surface area contributed by atoms with Crippen LogP contribution in [0.15, 0.2) is 48.9 Å². The fraction of sp³-hybridized carbons (Fsp3) is 0.125. The number of carboxylic acids is 1. The van der Waals surface area contributed by atoms with Crippen LogP contribution in [0.2, 0.25) is 0 Å². The van der Waals surface area contributed by atoms with Gasteiger partial charge in [-0.1, -0.05) is 25.1 Å². The Balaban J connectivity index is 1.96. The smallest absolute Gasteiger partial charge is 0.356 e. The topological polar surface area (TPSA) is 92.9 Å². The van der Waals surface area contributed by atoms with Crippen LogP contribution in [-0.2, 0) is 6.42 Å². The van der Waals surface area contributed by atoms with Crippen LogP contribution in [0.4, 0.5) is 11.6 Å². The lowest BCUT2D eigenvalue weighted by atomic mass is 10.3. The van der Waals surface area contributed by atoms with Crippen LogP contribution in [0, 0.1) is 0 Å². The molecule has 0 aliphatic carbocycles. The fourth-order valence-electron chi connectivity index (χ4n) is 2.06. The highest BCUT2D eigenvalue weighted by Gasteiger charge is 2.10. The van der Waals surface area contributed by atoms with Crippen molar-refractivity contribution in [2.45, 2.75) is 13.3 Å². The number of carbonyl (C=O) groups is 1. The number of carboxylic acid groups (broad SMARTS) is 1. The SMILES string of the molecule is CCc1cc(-n2cnc(C(=O)O)c2)nc(Nc2ccccc2)n1. The van der Waals surface area contributed by atoms with Crippen molar-refractivity contribution in [3.63, 3.8) is 0 Å². The maximum atomic E-state index is 11.0. The Hall–Kier alpha value is -3.22. The summed E-state index contributed by atoms with van der Waals surface area (Å²) < 4.78 is 1.57. The van der Waals surface area contributed by atoms with E-state index in [0.717, 1.165) is 17.8 Å². The van der Waals surface area contributed by atoms with E-state index in [1.54, 1.807) is 4.57 Å². The molecule has 0 unspecified atom stereocenters. The molecular weight excluding hydrogens is 294 g/mol. The molecular formula is C16H15N5O2. The van der Waals surface area contributed by atoms with Gasteiger partial charge in [0.15, 0.2) is 5.69 Å². The van der Waals surface area contributed by atoms with Crippen molar-refractivity contribution < 1.29 is 9.90 Å². The first-order valence-electron chi connectivity index (χ1n) is 7.13. The van der Waals surface area contributed by atoms with Crippen LogP contribution >= 0.6 is 0 Å². The van der Waals surface area contributed by atoms with Gasteiger partial charge in [-0.15, -0.1) is 0 Å². The van der Waals surface area contributed by atoms with Crippen molar-refractivity contribution in [2.24, 2.45) is 0 Å². The van der Waals surface area contributed by atoms with Gasteiger partial charge in [-0.05, 0) is 18.6 Å². The summed E-state index contributed by atoms with van der Waals surface area (Å²) in [7, 11) is 0. The summed E-state index contributed by atoms with van der Waals surface area (Å²) in [4.78, 5) is 23.7. The third-order valence-corrected chi connectivity index (χ3v) is 3.22. The highest BCUT2D eigenvalue weighted by atomic mass is 16.4. The van der Waals surface area contributed by atoms with E-state index >= 15 is 0 Å². The minimum Gasteiger partial charge on any atom is -0.476 e. The van der Waals surface area contributed by atoms with Crippen molar-refractivity contribution in [3.8, 4) is 5.82 Å². The Bertz CT molecular complexity index is 829. The predicted molar refractivity (Wildman–Crippen MR) is 85.2 cm³/mol. The summed E-state index contributed by atoms with van der Waals surface area (Å²) in [5.41, 5.74) is 1.70. The summed E-state index contributed by atoms with van der Waals surface area (Å²) in [6.07, 6.45) is 3.59. The molecule has 7 heteroatoms. The van der Waals surface area contributed by atoms with Gasteiger partial charge in [0.1, 0.15) is 12.1 Å². The first-order chi connectivity index (χ1) is 11.2. The Morgan fingerprint density at radius 1 is 1.26 bits per heavy atom. The minimum atomic E-state index is -1.07. The molecule has 0 radical (unpaired) electrons. The van der Waals surface area contributed by atoms with Crippen LogP contribution in [0.1, 0.15) is 23.1 Å². The van der Waals surface area contributed by atoms with E-state index in [0.29, 0.717) is 11.8 Å². The van der Waals surface area contributed by atoms with Crippen LogP contribution in [-0.4, -0.2) is 30.6 Å². The van der Waals surface area contributed by atoms with E-state index in [2.05, 4.69) is 20.3 Å². The van der Waals surface area contributed by atoms with Crippen molar-refractivity contribution in [1.82, 2.24) is 19.5 Å². The third-order valence-electron chi connectivity index (χ3n) is 3.22. The van der Waals surface area contributed by atoms with E-state index in [9.17, 15) is 4.79 Å². The lowest BCUT2D eigenvalue weighted by Gasteiger charge is -2.09. The van der Waals surface area contributed by atoms with Crippen molar-refractivity contribution >= 4 is 17.6 Å². The number of para-hydroxylation sites is 1. The average molecular weight is 309 g/mol. The van der Waals surface area contributed by atoms with E-state index in [-0.39, 0.29) is 5.69 Å². The standard InChI is InChI=1S/C16H15N5O2/c1-2-11-8-14(21-9-13(15(22)23)17-10-21)20-16(18-11)19-12-6-4-3-5-7-12/h3-10H,2H2,1H3,(H,22,23)(H,18,19,20). The van der Waals surface area contributed by atoms with E-state index < -0.39 is 5.97 Å². The largest absolute Gasteiger partial charge is 0.476 e. The summed E-state index contributed by atoms with van der Waals surface area (Å²) >= 11 is 0. The second-order valence-electron chi connectivity index (χ2n) is 4.86. The molecule has 0 aliphatic heterocycles. The Morgan fingerprint density at radius 3 is 2.70 bits per heavy atom. The molecule has 0 bridgehead atoms. The van der Waals surface area contributed by atoms with E-state index in [4.69, 9.17) is 5.11 Å². The molecule has 0 saturated heterocycles. The van der Waals surface area contributed by atoms with Crippen molar-refractivity contribution in [3.05, 3.63) is 60.3 Å². The van der Waals surface area contributed by atoms with E-state index in [1.165, 1.54) is 12.5 Å². The van der Waals surface area contributed by atoms with Gasteiger partial charge in [0.2, 0.25) is 5.95 Å². The molecule has 116 valence electrons. The van der Waals surface area contributed by atoms with Gasteiger partial charge in [0, 0.05) is 23.6 Å². The number of imidazole rings is 1. The number of nitrogens with one attached hydrogen (secondary N) is 1. The molecule has 0 fully saturated rings. The zero-order valence-corrected chi connectivity index (χ0v) is 12.5. The van der Waals surface area contributed by atoms with Gasteiger partial charge in [-0.3, -0.25) is 4.57 Å². The molecule has 1 aromatic carbocycles. The number of aromatic carboxylic acids is 1. The Kier molecular flexibility index (Phi) is 4.01. The predicted octanol–water partition coefficient (Wildman–Crippen LogP) is 2.67. The van der Waals surface area contributed by atoms with Crippen LogP contribution in [0.3, 0.4) is 0 Å². The zero-order valence-electron chi connectivity index (χ0n) is 12.5. The summed E-state index contributed by atoms with van der Waals surface area (Å²) in [6, 6.07) is 11.4. The number of benzene rings is 1. The third kappa shape index (κ3) is 3.34. The molecule has 2 heterocycles. The average Bonchev–Trinajstić information content (AvgIpc) is 3.06. The number of rotatable bonds is 5. The van der Waals surface area contributed by atoms with Crippen LogP contribution in [0.25, 0.3) is 5.82 Å². The van der Waals surface area contributed by atoms with Crippen molar-refractivity contribution in [2.75, 3.05) is 5.32 Å². The summed E-state index contributed by atoms with van der Waals surface area (Å²) in [5.74, 6) is -0.0532. The monoisotopic (exact) mass is 309 g/mol. The Morgan fingerprint density at radius 2 is 2.04 bits per heavy atom. The number of hydrogen-bond donors (Lipinski definition) is 2. The molecule has 0 spiro atoms. The number of aryl methyl sites for hydroxylation is 1. The molecule has 0 amide bonds. The molecule has 0 aliphatic rings. The van der Waals surface area contributed by atoms with Gasteiger partial charge in [-0.2, -0.15) is 4.98 Å². The second kappa shape index (κ2) is 6.27. The molecule has 3 rings (SSSR count). The maximum Gasteiger partial charge on any atom is 0.356 e. The lowest BCUT2D eigenvalue weighted by Crippen LogP contribution is -2.05. The fourth-order valence-corrected chi connectivity index (χ4v) is 2.06. The van der Waals surface area contributed by atoms with Crippen molar-refractivity contribution in [1.29, 1.82) is 0 Å². The summed E-state index contributed by atoms with van der Waals surface area (Å²) in [6.45, 7) is 2.00. The molecule has 3 aromatic rings. The number of hydrogen-bond acceptors (Lipinski definition) is 5. The van der Waals surface area contributed by atoms with Gasteiger partial charge in [0.05, 0.1) is 0 Å². The lowest BCUT2D eigenvalue weighted by molar-refractivity contribution is 0.0691. The van der Waals surface area contributed by atoms with Gasteiger partial charge in [-0.25, -0.2) is 14.8 Å². The molecule has 2 aromatic heterocycles. The zero-order chi connectivity index (χ0) is 16.2. The second-order valence-corrected chi connectivity index (χ2v) is 4.86. The highest BCUT2D eigenvalue weighted by Crippen LogP contribution is 2.16. The first kappa shape index (κ1) is 14.7. The Labute approximate surface area is 132 Å². The van der Waals surface area contributed by atoms with E-state index in [1.807, 2.05) is 43.3 Å². The number of nitrogens with zero attached hydrogens (tertiary/aromatic N) is 4. The maximum absolute atomic E-state index is 11.0. The van der Waals surface area contributed by atoms with Gasteiger partial charge in [0.25, 0.3) is 0 Å². The first-order valence-corrected chi connectivity index (χ1v) is 7.13. The molecule has 23 heavy (non-hydrogen) atoms. The molecule has 7 nitrogen and oxygen atoms in total. The molecule has 2 N–H and O–H groups in total. The normalized spacial score (nSPS) is 10.5. The highest BCUT2D eigenvalue weighted by molar-refractivity contribution is 5.85. The van der Waals surface area contributed by atoms with Crippen LogP contribution < -0.4 is 5.32 Å². The molecule has 0 atom stereocenters. The number of anilines is 2. The summed E-state index contributed by atoms with van der Waals surface area (Å²) in [5, 5.41) is 12.1.